The highest BCUT2D eigenvalue weighted by molar-refractivity contribution is 6.03. The molecular formula is C16H13NO4. The van der Waals surface area contributed by atoms with Crippen LogP contribution in [-0.2, 0) is 6.61 Å². The lowest BCUT2D eigenvalue weighted by Crippen LogP contribution is -1.98. The van der Waals surface area contributed by atoms with E-state index >= 15 is 0 Å². The number of carboxylic acid groups (broad SMARTS) is 1. The number of benzene rings is 1. The van der Waals surface area contributed by atoms with Crippen LogP contribution in [0.25, 0.3) is 11.0 Å². The summed E-state index contributed by atoms with van der Waals surface area (Å²) in [4.78, 5) is 15.4. The van der Waals surface area contributed by atoms with Crippen molar-refractivity contribution < 1.29 is 19.1 Å². The van der Waals surface area contributed by atoms with E-state index < -0.39 is 5.97 Å². The van der Waals surface area contributed by atoms with E-state index in [0.717, 1.165) is 5.69 Å². The maximum Gasteiger partial charge on any atom is 0.339 e. The number of carbonyl (C=O) groups is 1. The first kappa shape index (κ1) is 13.2. The standard InChI is InChI=1S/C16H13NO4/c1-10-15(16(18)19)13-8-12(5-6-14(13)21-10)20-9-11-4-2-3-7-17-11/h2-8H,9H2,1H3,(H,18,19). The quantitative estimate of drug-likeness (QED) is 0.794. The van der Waals surface area contributed by atoms with Crippen LogP contribution in [0.3, 0.4) is 0 Å². The summed E-state index contributed by atoms with van der Waals surface area (Å²) < 4.78 is 11.1. The number of nitrogens with zero attached hydrogens (tertiary/aromatic N) is 1. The van der Waals surface area contributed by atoms with Crippen molar-refractivity contribution in [2.24, 2.45) is 0 Å². The summed E-state index contributed by atoms with van der Waals surface area (Å²) in [6.07, 6.45) is 1.70. The SMILES string of the molecule is Cc1oc2ccc(OCc3ccccn3)cc2c1C(=O)O. The van der Waals surface area contributed by atoms with Gasteiger partial charge < -0.3 is 14.3 Å². The Morgan fingerprint density at radius 1 is 1.33 bits per heavy atom. The second-order valence-corrected chi connectivity index (χ2v) is 4.61. The van der Waals surface area contributed by atoms with Crippen molar-refractivity contribution in [3.05, 3.63) is 59.6 Å². The van der Waals surface area contributed by atoms with E-state index in [1.807, 2.05) is 18.2 Å². The Kier molecular flexibility index (Phi) is 3.31. The molecule has 5 nitrogen and oxygen atoms in total. The van der Waals surface area contributed by atoms with E-state index in [9.17, 15) is 9.90 Å². The molecule has 1 aromatic carbocycles. The van der Waals surface area contributed by atoms with Crippen molar-refractivity contribution in [2.45, 2.75) is 13.5 Å². The topological polar surface area (TPSA) is 72.6 Å². The first-order valence-corrected chi connectivity index (χ1v) is 6.44. The molecule has 0 bridgehead atoms. The molecule has 0 fully saturated rings. The van der Waals surface area contributed by atoms with Gasteiger partial charge in [0.05, 0.1) is 5.69 Å². The van der Waals surface area contributed by atoms with Gasteiger partial charge in [-0.3, -0.25) is 4.98 Å². The minimum absolute atomic E-state index is 0.174. The van der Waals surface area contributed by atoms with Gasteiger partial charge in [0.15, 0.2) is 0 Å². The van der Waals surface area contributed by atoms with Gasteiger partial charge >= 0.3 is 5.97 Å². The third kappa shape index (κ3) is 2.58. The highest BCUT2D eigenvalue weighted by atomic mass is 16.5. The van der Waals surface area contributed by atoms with Gasteiger partial charge in [0, 0.05) is 11.6 Å². The summed E-state index contributed by atoms with van der Waals surface area (Å²) in [5.41, 5.74) is 1.52. The number of pyridine rings is 1. The number of fused-ring (bicyclic) bond motifs is 1. The predicted molar refractivity (Wildman–Crippen MR) is 76.5 cm³/mol. The largest absolute Gasteiger partial charge is 0.487 e. The van der Waals surface area contributed by atoms with Gasteiger partial charge in [-0.05, 0) is 37.3 Å². The Bertz CT molecular complexity index is 793. The normalized spacial score (nSPS) is 10.7. The summed E-state index contributed by atoms with van der Waals surface area (Å²) in [5.74, 6) is -0.0380. The van der Waals surface area contributed by atoms with E-state index in [4.69, 9.17) is 9.15 Å². The van der Waals surface area contributed by atoms with Crippen LogP contribution in [0.2, 0.25) is 0 Å². The van der Waals surface area contributed by atoms with Gasteiger partial charge in [0.25, 0.3) is 0 Å². The number of ether oxygens (including phenoxy) is 1. The van der Waals surface area contributed by atoms with Gasteiger partial charge in [-0.1, -0.05) is 6.07 Å². The molecule has 21 heavy (non-hydrogen) atoms. The van der Waals surface area contributed by atoms with Gasteiger partial charge in [-0.25, -0.2) is 4.79 Å². The first-order valence-electron chi connectivity index (χ1n) is 6.44. The average molecular weight is 283 g/mol. The molecule has 0 unspecified atom stereocenters. The molecule has 0 saturated heterocycles. The number of furan rings is 1. The van der Waals surface area contributed by atoms with E-state index in [1.54, 1.807) is 31.3 Å². The number of aromatic carboxylic acids is 1. The maximum absolute atomic E-state index is 11.3. The number of carboxylic acids is 1. The molecule has 3 rings (SSSR count). The van der Waals surface area contributed by atoms with Crippen LogP contribution < -0.4 is 4.74 Å². The highest BCUT2D eigenvalue weighted by Crippen LogP contribution is 2.29. The first-order chi connectivity index (χ1) is 10.1. The molecule has 0 amide bonds. The average Bonchev–Trinajstić information content (AvgIpc) is 2.81. The molecule has 0 aliphatic rings. The van der Waals surface area contributed by atoms with E-state index in [-0.39, 0.29) is 5.56 Å². The van der Waals surface area contributed by atoms with Crippen molar-refractivity contribution in [1.82, 2.24) is 4.98 Å². The molecule has 0 radical (unpaired) electrons. The zero-order chi connectivity index (χ0) is 14.8. The smallest absolute Gasteiger partial charge is 0.339 e. The maximum atomic E-state index is 11.3. The highest BCUT2D eigenvalue weighted by Gasteiger charge is 2.17. The zero-order valence-corrected chi connectivity index (χ0v) is 11.4. The molecule has 0 saturated carbocycles. The second kappa shape index (κ2) is 5.28. The van der Waals surface area contributed by atoms with E-state index in [2.05, 4.69) is 4.98 Å². The lowest BCUT2D eigenvalue weighted by atomic mass is 10.1. The number of rotatable bonds is 4. The fourth-order valence-corrected chi connectivity index (χ4v) is 2.20. The number of aryl methyl sites for hydroxylation is 1. The monoisotopic (exact) mass is 283 g/mol. The van der Waals surface area contributed by atoms with Crippen LogP contribution in [0.4, 0.5) is 0 Å². The van der Waals surface area contributed by atoms with Crippen LogP contribution in [0, 0.1) is 6.92 Å². The molecule has 0 spiro atoms. The van der Waals surface area contributed by atoms with E-state index in [1.165, 1.54) is 0 Å². The third-order valence-electron chi connectivity index (χ3n) is 3.16. The molecule has 1 N–H and O–H groups in total. The summed E-state index contributed by atoms with van der Waals surface area (Å²) >= 11 is 0. The van der Waals surface area contributed by atoms with Crippen molar-refractivity contribution in [3.8, 4) is 5.75 Å². The van der Waals surface area contributed by atoms with Crippen LogP contribution in [0.1, 0.15) is 21.8 Å². The molecule has 2 heterocycles. The van der Waals surface area contributed by atoms with Gasteiger partial charge in [0.2, 0.25) is 0 Å². The van der Waals surface area contributed by atoms with Crippen molar-refractivity contribution in [3.63, 3.8) is 0 Å². The predicted octanol–water partition coefficient (Wildman–Crippen LogP) is 3.41. The molecular weight excluding hydrogens is 270 g/mol. The molecule has 3 aromatic rings. The molecule has 0 aliphatic carbocycles. The summed E-state index contributed by atoms with van der Waals surface area (Å²) in [7, 11) is 0. The van der Waals surface area contributed by atoms with Gasteiger partial charge in [-0.15, -0.1) is 0 Å². The molecule has 5 heteroatoms. The Morgan fingerprint density at radius 3 is 2.90 bits per heavy atom. The minimum Gasteiger partial charge on any atom is -0.487 e. The molecule has 0 atom stereocenters. The lowest BCUT2D eigenvalue weighted by molar-refractivity contribution is 0.0697. The van der Waals surface area contributed by atoms with E-state index in [0.29, 0.717) is 29.1 Å². The zero-order valence-electron chi connectivity index (χ0n) is 11.4. The Morgan fingerprint density at radius 2 is 2.19 bits per heavy atom. The second-order valence-electron chi connectivity index (χ2n) is 4.61. The Hall–Kier alpha value is -2.82. The van der Waals surface area contributed by atoms with Crippen LogP contribution >= 0.6 is 0 Å². The van der Waals surface area contributed by atoms with Crippen molar-refractivity contribution in [2.75, 3.05) is 0 Å². The summed E-state index contributed by atoms with van der Waals surface area (Å²) in [6.45, 7) is 1.96. The summed E-state index contributed by atoms with van der Waals surface area (Å²) in [5, 5.41) is 9.78. The van der Waals surface area contributed by atoms with Crippen LogP contribution in [0.15, 0.2) is 47.0 Å². The van der Waals surface area contributed by atoms with Gasteiger partial charge in [-0.2, -0.15) is 0 Å². The van der Waals surface area contributed by atoms with Crippen LogP contribution in [-0.4, -0.2) is 16.1 Å². The number of hydrogen-bond acceptors (Lipinski definition) is 4. The number of hydrogen-bond donors (Lipinski definition) is 1. The fraction of sp³-hybridized carbons (Fsp3) is 0.125. The molecule has 2 aromatic heterocycles. The Labute approximate surface area is 120 Å². The Balaban J connectivity index is 1.90. The van der Waals surface area contributed by atoms with Crippen LogP contribution in [0.5, 0.6) is 5.75 Å². The summed E-state index contributed by atoms with van der Waals surface area (Å²) in [6, 6.07) is 10.7. The molecule has 106 valence electrons. The van der Waals surface area contributed by atoms with Crippen molar-refractivity contribution >= 4 is 16.9 Å². The third-order valence-corrected chi connectivity index (χ3v) is 3.16. The van der Waals surface area contributed by atoms with Crippen molar-refractivity contribution in [1.29, 1.82) is 0 Å². The minimum atomic E-state index is -1.01. The number of aromatic nitrogens is 1. The fourth-order valence-electron chi connectivity index (χ4n) is 2.20. The van der Waals surface area contributed by atoms with Gasteiger partial charge in [0.1, 0.15) is 29.3 Å². The lowest BCUT2D eigenvalue weighted by Gasteiger charge is -2.05. The molecule has 0 aliphatic heterocycles.